The lowest BCUT2D eigenvalue weighted by atomic mass is 9.95. The summed E-state index contributed by atoms with van der Waals surface area (Å²) in [4.78, 5) is 13.2. The lowest BCUT2D eigenvalue weighted by Crippen LogP contribution is -2.21. The molecular weight excluding hydrogens is 378 g/mol. The first-order valence-corrected chi connectivity index (χ1v) is 10.3. The summed E-state index contributed by atoms with van der Waals surface area (Å²) in [6, 6.07) is 15.6. The van der Waals surface area contributed by atoms with Gasteiger partial charge in [-0.1, -0.05) is 37.3 Å². The van der Waals surface area contributed by atoms with E-state index in [9.17, 15) is 4.79 Å². The highest BCUT2D eigenvalue weighted by Gasteiger charge is 2.32. The van der Waals surface area contributed by atoms with Gasteiger partial charge in [-0.3, -0.25) is 9.89 Å². The summed E-state index contributed by atoms with van der Waals surface area (Å²) in [5.41, 5.74) is 4.36. The number of anilines is 1. The van der Waals surface area contributed by atoms with Gasteiger partial charge in [0.15, 0.2) is 11.5 Å². The molecule has 0 bridgehead atoms. The first-order chi connectivity index (χ1) is 14.7. The molecule has 0 spiro atoms. The van der Waals surface area contributed by atoms with E-state index < -0.39 is 0 Å². The number of aromatic nitrogens is 2. The first kappa shape index (κ1) is 20.0. The summed E-state index contributed by atoms with van der Waals surface area (Å²) in [7, 11) is 3.22. The molecule has 0 unspecified atom stereocenters. The number of H-pyrrole nitrogens is 1. The average Bonchev–Trinajstić information content (AvgIpc) is 3.55. The van der Waals surface area contributed by atoms with Crippen LogP contribution in [-0.4, -0.2) is 30.3 Å². The van der Waals surface area contributed by atoms with Crippen LogP contribution in [-0.2, 0) is 4.79 Å². The third-order valence-corrected chi connectivity index (χ3v) is 5.61. The molecule has 1 aliphatic carbocycles. The van der Waals surface area contributed by atoms with Crippen LogP contribution >= 0.6 is 0 Å². The SMILES string of the molecule is CC[C@@H](C(=O)Nc1c(-c2ccc(OC)c(OC)c2)n[nH]c1C1CC1)c1ccccc1. The summed E-state index contributed by atoms with van der Waals surface area (Å²) in [5, 5.41) is 10.9. The van der Waals surface area contributed by atoms with Crippen molar-refractivity contribution in [3.8, 4) is 22.8 Å². The number of methoxy groups -OCH3 is 2. The molecule has 1 saturated carbocycles. The zero-order chi connectivity index (χ0) is 21.1. The van der Waals surface area contributed by atoms with Crippen molar-refractivity contribution in [1.82, 2.24) is 10.2 Å². The third kappa shape index (κ3) is 3.90. The van der Waals surface area contributed by atoms with Crippen molar-refractivity contribution in [2.75, 3.05) is 19.5 Å². The molecule has 4 rings (SSSR count). The van der Waals surface area contributed by atoms with Gasteiger partial charge in [0.1, 0.15) is 5.69 Å². The van der Waals surface area contributed by atoms with Crippen molar-refractivity contribution >= 4 is 11.6 Å². The Labute approximate surface area is 176 Å². The summed E-state index contributed by atoms with van der Waals surface area (Å²) in [5.74, 6) is 1.46. The van der Waals surface area contributed by atoms with E-state index >= 15 is 0 Å². The Morgan fingerprint density at radius 2 is 1.87 bits per heavy atom. The van der Waals surface area contributed by atoms with Gasteiger partial charge in [0.2, 0.25) is 5.91 Å². The van der Waals surface area contributed by atoms with Crippen LogP contribution < -0.4 is 14.8 Å². The zero-order valence-electron chi connectivity index (χ0n) is 17.6. The minimum Gasteiger partial charge on any atom is -0.493 e. The van der Waals surface area contributed by atoms with Gasteiger partial charge in [-0.05, 0) is 43.0 Å². The number of carbonyl (C=O) groups excluding carboxylic acids is 1. The molecule has 3 aromatic rings. The quantitative estimate of drug-likeness (QED) is 0.546. The van der Waals surface area contributed by atoms with Gasteiger partial charge in [-0.15, -0.1) is 0 Å². The van der Waals surface area contributed by atoms with Crippen LogP contribution in [0.4, 0.5) is 5.69 Å². The monoisotopic (exact) mass is 405 g/mol. The molecule has 0 aliphatic heterocycles. The number of nitrogens with one attached hydrogen (secondary N) is 2. The number of nitrogens with zero attached hydrogens (tertiary/aromatic N) is 1. The highest BCUT2D eigenvalue weighted by Crippen LogP contribution is 2.46. The minimum atomic E-state index is -0.216. The van der Waals surface area contributed by atoms with Crippen LogP contribution in [0.15, 0.2) is 48.5 Å². The predicted molar refractivity (Wildman–Crippen MR) is 117 cm³/mol. The fraction of sp³-hybridized carbons (Fsp3) is 0.333. The normalized spacial score (nSPS) is 14.2. The average molecular weight is 405 g/mol. The van der Waals surface area contributed by atoms with Crippen LogP contribution in [0, 0.1) is 0 Å². The smallest absolute Gasteiger partial charge is 0.232 e. The molecule has 6 heteroatoms. The second-order valence-electron chi connectivity index (χ2n) is 7.57. The number of benzene rings is 2. The summed E-state index contributed by atoms with van der Waals surface area (Å²) in [6.07, 6.45) is 2.93. The predicted octanol–water partition coefficient (Wildman–Crippen LogP) is 5.10. The Balaban J connectivity index is 1.69. The van der Waals surface area contributed by atoms with Gasteiger partial charge in [-0.25, -0.2) is 0 Å². The maximum atomic E-state index is 13.2. The molecule has 2 N–H and O–H groups in total. The first-order valence-electron chi connectivity index (χ1n) is 10.3. The molecule has 1 aliphatic rings. The van der Waals surface area contributed by atoms with Crippen molar-refractivity contribution in [1.29, 1.82) is 0 Å². The zero-order valence-corrected chi connectivity index (χ0v) is 17.6. The highest BCUT2D eigenvalue weighted by atomic mass is 16.5. The molecule has 0 saturated heterocycles. The molecule has 30 heavy (non-hydrogen) atoms. The highest BCUT2D eigenvalue weighted by molar-refractivity contribution is 5.99. The maximum absolute atomic E-state index is 13.2. The standard InChI is InChI=1S/C24H27N3O3/c1-4-18(15-8-6-5-7-9-15)24(28)25-23-21(16-10-11-16)26-27-22(23)17-12-13-19(29-2)20(14-17)30-3/h5-9,12-14,16,18H,4,10-11H2,1-3H3,(H,25,28)(H,26,27)/t18-/m1/s1. The molecule has 1 amide bonds. The van der Waals surface area contributed by atoms with Crippen LogP contribution in [0.25, 0.3) is 11.3 Å². The molecule has 0 radical (unpaired) electrons. The summed E-state index contributed by atoms with van der Waals surface area (Å²) >= 11 is 0. The Kier molecular flexibility index (Phi) is 5.74. The maximum Gasteiger partial charge on any atom is 0.232 e. The summed E-state index contributed by atoms with van der Waals surface area (Å²) < 4.78 is 10.8. The van der Waals surface area contributed by atoms with Crippen molar-refractivity contribution in [3.05, 3.63) is 59.8 Å². The number of rotatable bonds is 8. The lowest BCUT2D eigenvalue weighted by molar-refractivity contribution is -0.117. The van der Waals surface area contributed by atoms with Crippen LogP contribution in [0.3, 0.4) is 0 Å². The van der Waals surface area contributed by atoms with Gasteiger partial charge in [-0.2, -0.15) is 5.10 Å². The number of amides is 1. The fourth-order valence-electron chi connectivity index (χ4n) is 3.81. The van der Waals surface area contributed by atoms with E-state index in [1.807, 2.05) is 55.5 Å². The Morgan fingerprint density at radius 3 is 2.50 bits per heavy atom. The van der Waals surface area contributed by atoms with Crippen LogP contribution in [0.2, 0.25) is 0 Å². The Bertz CT molecular complexity index is 1030. The molecule has 1 aromatic heterocycles. The van der Waals surface area contributed by atoms with E-state index in [2.05, 4.69) is 15.5 Å². The van der Waals surface area contributed by atoms with Gasteiger partial charge in [0.05, 0.1) is 31.5 Å². The van der Waals surface area contributed by atoms with Crippen LogP contribution in [0.5, 0.6) is 11.5 Å². The van der Waals surface area contributed by atoms with Gasteiger partial charge in [0, 0.05) is 11.5 Å². The van der Waals surface area contributed by atoms with E-state index in [0.29, 0.717) is 23.1 Å². The minimum absolute atomic E-state index is 0.0197. The molecule has 1 atom stereocenters. The van der Waals surface area contributed by atoms with Crippen molar-refractivity contribution < 1.29 is 14.3 Å². The van der Waals surface area contributed by atoms with Gasteiger partial charge < -0.3 is 14.8 Å². The number of carbonyl (C=O) groups is 1. The number of ether oxygens (including phenoxy) is 2. The largest absolute Gasteiger partial charge is 0.493 e. The summed E-state index contributed by atoms with van der Waals surface area (Å²) in [6.45, 7) is 2.03. The van der Waals surface area contributed by atoms with Gasteiger partial charge in [0.25, 0.3) is 0 Å². The van der Waals surface area contributed by atoms with Gasteiger partial charge >= 0.3 is 0 Å². The van der Waals surface area contributed by atoms with Crippen LogP contribution in [0.1, 0.15) is 49.3 Å². The molecule has 6 nitrogen and oxygen atoms in total. The molecule has 1 fully saturated rings. The van der Waals surface area contributed by atoms with E-state index in [1.54, 1.807) is 14.2 Å². The third-order valence-electron chi connectivity index (χ3n) is 5.61. The van der Waals surface area contributed by atoms with Crippen molar-refractivity contribution in [3.63, 3.8) is 0 Å². The van der Waals surface area contributed by atoms with Crippen molar-refractivity contribution in [2.24, 2.45) is 0 Å². The molecule has 1 heterocycles. The second kappa shape index (κ2) is 8.61. The van der Waals surface area contributed by atoms with E-state index in [4.69, 9.17) is 9.47 Å². The fourth-order valence-corrected chi connectivity index (χ4v) is 3.81. The van der Waals surface area contributed by atoms with E-state index in [1.165, 1.54) is 0 Å². The second-order valence-corrected chi connectivity index (χ2v) is 7.57. The topological polar surface area (TPSA) is 76.2 Å². The van der Waals surface area contributed by atoms with E-state index in [-0.39, 0.29) is 11.8 Å². The molecular formula is C24H27N3O3. The molecule has 156 valence electrons. The number of hydrogen-bond donors (Lipinski definition) is 2. The molecule has 2 aromatic carbocycles. The van der Waals surface area contributed by atoms with E-state index in [0.717, 1.165) is 41.8 Å². The lowest BCUT2D eigenvalue weighted by Gasteiger charge is -2.17. The van der Waals surface area contributed by atoms with Crippen molar-refractivity contribution in [2.45, 2.75) is 38.0 Å². The Morgan fingerprint density at radius 1 is 1.13 bits per heavy atom. The number of hydrogen-bond acceptors (Lipinski definition) is 4. The number of aromatic amines is 1. The Hall–Kier alpha value is -3.28.